The van der Waals surface area contributed by atoms with Crippen LogP contribution in [0.4, 0.5) is 0 Å². The van der Waals surface area contributed by atoms with Crippen LogP contribution in [0.5, 0.6) is 0 Å². The molecule has 0 fully saturated rings. The Bertz CT molecular complexity index is 170. The smallest absolute Gasteiger partial charge is 0.119 e. The highest BCUT2D eigenvalue weighted by Gasteiger charge is 2.10. The van der Waals surface area contributed by atoms with Crippen LogP contribution in [-0.2, 0) is 4.74 Å². The van der Waals surface area contributed by atoms with Crippen molar-refractivity contribution in [3.05, 3.63) is 37.1 Å². The van der Waals surface area contributed by atoms with E-state index in [4.69, 9.17) is 4.74 Å². The normalized spacial score (nSPS) is 12.5. The fourth-order valence-electron chi connectivity index (χ4n) is 0.613. The third-order valence-electron chi connectivity index (χ3n) is 0.907. The van der Waals surface area contributed by atoms with Crippen molar-refractivity contribution in [3.63, 3.8) is 0 Å². The zero-order chi connectivity index (χ0) is 8.91. The summed E-state index contributed by atoms with van der Waals surface area (Å²) in [6.07, 6.45) is 5.15. The monoisotopic (exact) mass is 152 g/mol. The van der Waals surface area contributed by atoms with Crippen molar-refractivity contribution < 1.29 is 4.74 Å². The minimum Gasteiger partial charge on any atom is -0.488 e. The van der Waals surface area contributed by atoms with Crippen LogP contribution in [0.25, 0.3) is 0 Å². The van der Waals surface area contributed by atoms with Crippen LogP contribution < -0.4 is 0 Å². The first-order valence-electron chi connectivity index (χ1n) is 3.64. The van der Waals surface area contributed by atoms with E-state index in [-0.39, 0.29) is 5.60 Å². The topological polar surface area (TPSA) is 9.23 Å². The largest absolute Gasteiger partial charge is 0.488 e. The second kappa shape index (κ2) is 4.02. The summed E-state index contributed by atoms with van der Waals surface area (Å²) in [6, 6.07) is 0. The third kappa shape index (κ3) is 5.46. The fourth-order valence-corrected chi connectivity index (χ4v) is 0.613. The molecule has 0 saturated carbocycles. The van der Waals surface area contributed by atoms with Gasteiger partial charge >= 0.3 is 0 Å². The van der Waals surface area contributed by atoms with Crippen LogP contribution in [-0.4, -0.2) is 5.60 Å². The first kappa shape index (κ1) is 10.0. The lowest BCUT2D eigenvalue weighted by Gasteiger charge is -2.21. The number of rotatable bonds is 3. The predicted octanol–water partition coefficient (Wildman–Crippen LogP) is 3.06. The summed E-state index contributed by atoms with van der Waals surface area (Å²) >= 11 is 0. The molecule has 0 saturated heterocycles. The maximum atomic E-state index is 5.50. The van der Waals surface area contributed by atoms with E-state index < -0.39 is 0 Å². The Hall–Kier alpha value is -0.980. The van der Waals surface area contributed by atoms with E-state index in [9.17, 15) is 0 Å². The van der Waals surface area contributed by atoms with Gasteiger partial charge in [0.25, 0.3) is 0 Å². The molecule has 0 aliphatic carbocycles. The molecule has 1 heteroatoms. The Kier molecular flexibility index (Phi) is 3.66. The molecular weight excluding hydrogens is 136 g/mol. The molecule has 0 aromatic carbocycles. The maximum absolute atomic E-state index is 5.50. The fraction of sp³-hybridized carbons (Fsp3) is 0.400. The lowest BCUT2D eigenvalue weighted by molar-refractivity contribution is 0.0601. The van der Waals surface area contributed by atoms with Gasteiger partial charge in [0.15, 0.2) is 0 Å². The van der Waals surface area contributed by atoms with Gasteiger partial charge in [0, 0.05) is 0 Å². The predicted molar refractivity (Wildman–Crippen MR) is 49.3 cm³/mol. The Morgan fingerprint density at radius 1 is 1.27 bits per heavy atom. The second-order valence-corrected chi connectivity index (χ2v) is 3.22. The standard InChI is InChI=1S/C10H16O/c1-6-8-9(7-2)11-10(3,4)5/h6-8H,1-2H2,3-5H3/b9-8+. The van der Waals surface area contributed by atoms with Crippen LogP contribution in [0, 0.1) is 0 Å². The van der Waals surface area contributed by atoms with Crippen molar-refractivity contribution in [2.24, 2.45) is 0 Å². The van der Waals surface area contributed by atoms with Crippen molar-refractivity contribution in [2.75, 3.05) is 0 Å². The Balaban J connectivity index is 4.20. The number of allylic oxidation sites excluding steroid dienone is 3. The zero-order valence-corrected chi connectivity index (χ0v) is 7.55. The van der Waals surface area contributed by atoms with Gasteiger partial charge in [-0.25, -0.2) is 0 Å². The molecule has 0 aromatic rings. The van der Waals surface area contributed by atoms with Crippen LogP contribution >= 0.6 is 0 Å². The summed E-state index contributed by atoms with van der Waals surface area (Å²) < 4.78 is 5.50. The van der Waals surface area contributed by atoms with Gasteiger partial charge in [-0.05, 0) is 32.9 Å². The summed E-state index contributed by atoms with van der Waals surface area (Å²) in [4.78, 5) is 0. The van der Waals surface area contributed by atoms with Gasteiger partial charge in [-0.2, -0.15) is 0 Å². The molecule has 0 aliphatic heterocycles. The van der Waals surface area contributed by atoms with E-state index in [1.807, 2.05) is 20.8 Å². The van der Waals surface area contributed by atoms with Gasteiger partial charge in [0.05, 0.1) is 0 Å². The molecule has 1 nitrogen and oxygen atoms in total. The number of hydrogen-bond acceptors (Lipinski definition) is 1. The quantitative estimate of drug-likeness (QED) is 0.446. The van der Waals surface area contributed by atoms with Crippen molar-refractivity contribution in [1.82, 2.24) is 0 Å². The van der Waals surface area contributed by atoms with Gasteiger partial charge < -0.3 is 4.74 Å². The van der Waals surface area contributed by atoms with E-state index in [0.717, 1.165) is 5.76 Å². The van der Waals surface area contributed by atoms with Gasteiger partial charge in [-0.1, -0.05) is 19.2 Å². The SMILES string of the molecule is C=C/C=C(\C=C)OC(C)(C)C. The van der Waals surface area contributed by atoms with E-state index in [2.05, 4.69) is 13.2 Å². The Morgan fingerprint density at radius 2 is 1.82 bits per heavy atom. The molecule has 0 atom stereocenters. The average Bonchev–Trinajstić information content (AvgIpc) is 1.84. The molecule has 0 N–H and O–H groups in total. The average molecular weight is 152 g/mol. The Labute approximate surface area is 69.1 Å². The summed E-state index contributed by atoms with van der Waals surface area (Å²) in [5, 5.41) is 0. The first-order valence-corrected chi connectivity index (χ1v) is 3.64. The molecule has 0 rings (SSSR count). The van der Waals surface area contributed by atoms with Crippen molar-refractivity contribution in [3.8, 4) is 0 Å². The number of hydrogen-bond donors (Lipinski definition) is 0. The summed E-state index contributed by atoms with van der Waals surface area (Å²) in [5.41, 5.74) is -0.164. The minimum absolute atomic E-state index is 0.164. The molecule has 11 heavy (non-hydrogen) atoms. The molecule has 0 heterocycles. The van der Waals surface area contributed by atoms with E-state index >= 15 is 0 Å². The van der Waals surface area contributed by atoms with Gasteiger partial charge in [-0.15, -0.1) is 0 Å². The van der Waals surface area contributed by atoms with Gasteiger partial charge in [-0.3, -0.25) is 0 Å². The molecule has 0 aromatic heterocycles. The molecule has 0 aliphatic rings. The zero-order valence-electron chi connectivity index (χ0n) is 7.55. The lowest BCUT2D eigenvalue weighted by atomic mass is 10.2. The van der Waals surface area contributed by atoms with Crippen LogP contribution in [0.15, 0.2) is 37.1 Å². The van der Waals surface area contributed by atoms with E-state index in [0.29, 0.717) is 0 Å². The molecule has 62 valence electrons. The van der Waals surface area contributed by atoms with Crippen molar-refractivity contribution in [1.29, 1.82) is 0 Å². The van der Waals surface area contributed by atoms with Crippen LogP contribution in [0.2, 0.25) is 0 Å². The highest BCUT2D eigenvalue weighted by Crippen LogP contribution is 2.13. The third-order valence-corrected chi connectivity index (χ3v) is 0.907. The van der Waals surface area contributed by atoms with Crippen LogP contribution in [0.1, 0.15) is 20.8 Å². The molecular formula is C10H16O. The Morgan fingerprint density at radius 3 is 2.09 bits per heavy atom. The second-order valence-electron chi connectivity index (χ2n) is 3.22. The molecule has 0 amide bonds. The highest BCUT2D eigenvalue weighted by atomic mass is 16.5. The van der Waals surface area contributed by atoms with Crippen LogP contribution in [0.3, 0.4) is 0 Å². The molecule has 0 bridgehead atoms. The molecule has 0 unspecified atom stereocenters. The number of ether oxygens (including phenoxy) is 1. The van der Waals surface area contributed by atoms with Crippen molar-refractivity contribution >= 4 is 0 Å². The van der Waals surface area contributed by atoms with Gasteiger partial charge in [0.2, 0.25) is 0 Å². The minimum atomic E-state index is -0.164. The first-order chi connectivity index (χ1) is 4.99. The van der Waals surface area contributed by atoms with E-state index in [1.165, 1.54) is 0 Å². The summed E-state index contributed by atoms with van der Waals surface area (Å²) in [6.45, 7) is 13.2. The highest BCUT2D eigenvalue weighted by molar-refractivity contribution is 5.15. The summed E-state index contributed by atoms with van der Waals surface area (Å²) in [7, 11) is 0. The molecule has 0 spiro atoms. The van der Waals surface area contributed by atoms with Crippen molar-refractivity contribution in [2.45, 2.75) is 26.4 Å². The lowest BCUT2D eigenvalue weighted by Crippen LogP contribution is -2.17. The summed E-state index contributed by atoms with van der Waals surface area (Å²) in [5.74, 6) is 0.757. The molecule has 0 radical (unpaired) electrons. The maximum Gasteiger partial charge on any atom is 0.119 e. The van der Waals surface area contributed by atoms with E-state index in [1.54, 1.807) is 18.2 Å². The van der Waals surface area contributed by atoms with Gasteiger partial charge in [0.1, 0.15) is 11.4 Å².